The van der Waals surface area contributed by atoms with Gasteiger partial charge >= 0.3 is 0 Å². The first kappa shape index (κ1) is 19.1. The second-order valence-electron chi connectivity index (χ2n) is 7.39. The predicted molar refractivity (Wildman–Crippen MR) is 110 cm³/mol. The standard InChI is InChI=1S/C20H24ClN5O2/c1-11(2)26-12(3)23-17-5-4-15(25-20(17)26)13-8-19(22-9-14(13)21)24-16-6-7-28-10-18(16)27/h4-5,8-9,11,16,18,27H,6-7,10H2,1-3H3,(H,22,24)/t16-,18-/m1/s1. The van der Waals surface area contributed by atoms with E-state index in [1.165, 1.54) is 0 Å². The fourth-order valence-electron chi connectivity index (χ4n) is 3.65. The summed E-state index contributed by atoms with van der Waals surface area (Å²) in [4.78, 5) is 13.8. The summed E-state index contributed by atoms with van der Waals surface area (Å²) in [5.41, 5.74) is 3.25. The number of aryl methyl sites for hydroxylation is 1. The molecule has 1 saturated heterocycles. The monoisotopic (exact) mass is 401 g/mol. The van der Waals surface area contributed by atoms with Crippen LogP contribution < -0.4 is 5.32 Å². The Kier molecular flexibility index (Phi) is 5.23. The number of anilines is 1. The summed E-state index contributed by atoms with van der Waals surface area (Å²) >= 11 is 6.44. The van der Waals surface area contributed by atoms with E-state index in [9.17, 15) is 5.11 Å². The Morgan fingerprint density at radius 3 is 2.89 bits per heavy atom. The van der Waals surface area contributed by atoms with Crippen molar-refractivity contribution in [3.8, 4) is 11.3 Å². The van der Waals surface area contributed by atoms with E-state index in [0.29, 0.717) is 24.1 Å². The van der Waals surface area contributed by atoms with Crippen LogP contribution >= 0.6 is 11.6 Å². The van der Waals surface area contributed by atoms with E-state index >= 15 is 0 Å². The third-order valence-electron chi connectivity index (χ3n) is 5.02. The average Bonchev–Trinajstić information content (AvgIpc) is 3.00. The third kappa shape index (κ3) is 3.57. The zero-order chi connectivity index (χ0) is 19.8. The number of nitrogens with zero attached hydrogens (tertiary/aromatic N) is 4. The van der Waals surface area contributed by atoms with Crippen molar-refractivity contribution in [1.82, 2.24) is 19.5 Å². The molecule has 0 spiro atoms. The Bertz CT molecular complexity index is 1000. The number of hydrogen-bond acceptors (Lipinski definition) is 6. The second-order valence-corrected chi connectivity index (χ2v) is 7.80. The smallest absolute Gasteiger partial charge is 0.160 e. The van der Waals surface area contributed by atoms with Gasteiger partial charge in [0.15, 0.2) is 5.65 Å². The van der Waals surface area contributed by atoms with Crippen molar-refractivity contribution in [1.29, 1.82) is 0 Å². The molecule has 2 atom stereocenters. The van der Waals surface area contributed by atoms with Gasteiger partial charge in [0.2, 0.25) is 0 Å². The van der Waals surface area contributed by atoms with Gasteiger partial charge in [0.1, 0.15) is 17.2 Å². The lowest BCUT2D eigenvalue weighted by Gasteiger charge is -2.29. The van der Waals surface area contributed by atoms with Crippen LogP contribution in [0.4, 0.5) is 5.82 Å². The molecule has 0 saturated carbocycles. The van der Waals surface area contributed by atoms with E-state index in [2.05, 4.69) is 33.7 Å². The van der Waals surface area contributed by atoms with Gasteiger partial charge in [-0.05, 0) is 45.4 Å². The molecule has 4 rings (SSSR count). The molecule has 4 heterocycles. The fourth-order valence-corrected chi connectivity index (χ4v) is 3.85. The predicted octanol–water partition coefficient (Wildman–Crippen LogP) is 3.60. The maximum Gasteiger partial charge on any atom is 0.160 e. The van der Waals surface area contributed by atoms with Gasteiger partial charge in [-0.25, -0.2) is 15.0 Å². The molecule has 3 aromatic rings. The highest BCUT2D eigenvalue weighted by atomic mass is 35.5. The number of ether oxygens (including phenoxy) is 1. The lowest BCUT2D eigenvalue weighted by molar-refractivity contribution is -0.0135. The number of halogens is 1. The van der Waals surface area contributed by atoms with Crippen LogP contribution in [-0.4, -0.2) is 50.0 Å². The van der Waals surface area contributed by atoms with E-state index < -0.39 is 6.10 Å². The van der Waals surface area contributed by atoms with Crippen LogP contribution in [0.5, 0.6) is 0 Å². The van der Waals surface area contributed by atoms with Crippen molar-refractivity contribution in [3.05, 3.63) is 35.2 Å². The minimum atomic E-state index is -0.562. The first-order valence-electron chi connectivity index (χ1n) is 9.48. The molecule has 8 heteroatoms. The molecular formula is C20H24ClN5O2. The summed E-state index contributed by atoms with van der Waals surface area (Å²) in [7, 11) is 0. The van der Waals surface area contributed by atoms with E-state index in [1.807, 2.05) is 25.1 Å². The maximum atomic E-state index is 10.1. The van der Waals surface area contributed by atoms with Crippen molar-refractivity contribution in [2.75, 3.05) is 18.5 Å². The number of aliphatic hydroxyl groups excluding tert-OH is 1. The van der Waals surface area contributed by atoms with Crippen molar-refractivity contribution in [2.45, 2.75) is 45.4 Å². The Morgan fingerprint density at radius 2 is 2.14 bits per heavy atom. The van der Waals surface area contributed by atoms with Crippen molar-refractivity contribution >= 4 is 28.6 Å². The molecule has 1 aliphatic heterocycles. The number of aromatic nitrogens is 4. The molecule has 3 aromatic heterocycles. The first-order valence-corrected chi connectivity index (χ1v) is 9.85. The van der Waals surface area contributed by atoms with Gasteiger partial charge in [-0.15, -0.1) is 0 Å². The molecule has 0 aliphatic carbocycles. The van der Waals surface area contributed by atoms with E-state index in [-0.39, 0.29) is 12.1 Å². The Hall–Kier alpha value is -2.22. The fraction of sp³-hybridized carbons (Fsp3) is 0.450. The van der Waals surface area contributed by atoms with E-state index in [1.54, 1.807) is 6.20 Å². The summed E-state index contributed by atoms with van der Waals surface area (Å²) in [5.74, 6) is 1.59. The molecule has 1 aliphatic rings. The summed E-state index contributed by atoms with van der Waals surface area (Å²) in [6.45, 7) is 7.16. The molecule has 0 aromatic carbocycles. The van der Waals surface area contributed by atoms with Crippen LogP contribution in [0.15, 0.2) is 24.4 Å². The van der Waals surface area contributed by atoms with Gasteiger partial charge in [0, 0.05) is 24.4 Å². The number of hydrogen-bond donors (Lipinski definition) is 2. The zero-order valence-electron chi connectivity index (χ0n) is 16.2. The summed E-state index contributed by atoms with van der Waals surface area (Å²) in [6, 6.07) is 5.92. The lowest BCUT2D eigenvalue weighted by atomic mass is 10.1. The minimum absolute atomic E-state index is 0.101. The van der Waals surface area contributed by atoms with Crippen LogP contribution in [0.25, 0.3) is 22.4 Å². The topological polar surface area (TPSA) is 85.1 Å². The maximum absolute atomic E-state index is 10.1. The largest absolute Gasteiger partial charge is 0.389 e. The van der Waals surface area contributed by atoms with Gasteiger partial charge in [-0.3, -0.25) is 0 Å². The van der Waals surface area contributed by atoms with Crippen LogP contribution in [0.2, 0.25) is 5.02 Å². The SMILES string of the molecule is Cc1nc2ccc(-c3cc(N[C@@H]4CCOC[C@H]4O)ncc3Cl)nc2n1C(C)C. The molecule has 0 amide bonds. The number of nitrogens with one attached hydrogen (secondary N) is 1. The number of rotatable bonds is 4. The van der Waals surface area contributed by atoms with Gasteiger partial charge < -0.3 is 19.7 Å². The summed E-state index contributed by atoms with van der Waals surface area (Å²) in [6.07, 6.45) is 1.77. The minimum Gasteiger partial charge on any atom is -0.389 e. The van der Waals surface area contributed by atoms with Gasteiger partial charge in [-0.1, -0.05) is 11.6 Å². The van der Waals surface area contributed by atoms with Gasteiger partial charge in [0.25, 0.3) is 0 Å². The van der Waals surface area contributed by atoms with Crippen molar-refractivity contribution in [2.24, 2.45) is 0 Å². The Morgan fingerprint density at radius 1 is 1.32 bits per heavy atom. The normalized spacial score (nSPS) is 20.1. The number of aliphatic hydroxyl groups is 1. The molecule has 1 fully saturated rings. The second kappa shape index (κ2) is 7.66. The number of imidazole rings is 1. The molecule has 0 radical (unpaired) electrons. The summed E-state index contributed by atoms with van der Waals surface area (Å²) in [5, 5.41) is 13.9. The molecule has 0 unspecified atom stereocenters. The van der Waals surface area contributed by atoms with Gasteiger partial charge in [0.05, 0.1) is 29.5 Å². The highest BCUT2D eigenvalue weighted by molar-refractivity contribution is 6.33. The molecule has 28 heavy (non-hydrogen) atoms. The van der Waals surface area contributed by atoms with Crippen LogP contribution in [-0.2, 0) is 4.74 Å². The van der Waals surface area contributed by atoms with Crippen LogP contribution in [0.1, 0.15) is 32.1 Å². The highest BCUT2D eigenvalue weighted by Crippen LogP contribution is 2.30. The number of fused-ring (bicyclic) bond motifs is 1. The number of pyridine rings is 2. The quantitative estimate of drug-likeness (QED) is 0.694. The van der Waals surface area contributed by atoms with Crippen LogP contribution in [0.3, 0.4) is 0 Å². The molecule has 2 N–H and O–H groups in total. The van der Waals surface area contributed by atoms with Crippen molar-refractivity contribution < 1.29 is 9.84 Å². The van der Waals surface area contributed by atoms with Gasteiger partial charge in [-0.2, -0.15) is 0 Å². The first-order chi connectivity index (χ1) is 13.4. The van der Waals surface area contributed by atoms with Crippen LogP contribution in [0, 0.1) is 6.92 Å². The third-order valence-corrected chi connectivity index (χ3v) is 5.32. The Labute approximate surface area is 168 Å². The summed E-state index contributed by atoms with van der Waals surface area (Å²) < 4.78 is 7.40. The molecule has 148 valence electrons. The molecular weight excluding hydrogens is 378 g/mol. The lowest BCUT2D eigenvalue weighted by Crippen LogP contribution is -2.42. The zero-order valence-corrected chi connectivity index (χ0v) is 16.9. The van der Waals surface area contributed by atoms with E-state index in [4.69, 9.17) is 21.3 Å². The molecule has 0 bridgehead atoms. The van der Waals surface area contributed by atoms with E-state index in [0.717, 1.165) is 34.7 Å². The molecule has 7 nitrogen and oxygen atoms in total. The van der Waals surface area contributed by atoms with Crippen molar-refractivity contribution in [3.63, 3.8) is 0 Å². The highest BCUT2D eigenvalue weighted by Gasteiger charge is 2.24. The Balaban J connectivity index is 1.71. The average molecular weight is 402 g/mol.